The van der Waals surface area contributed by atoms with Crippen LogP contribution in [0.3, 0.4) is 0 Å². The molecule has 1 atom stereocenters. The summed E-state index contributed by atoms with van der Waals surface area (Å²) in [5, 5.41) is 3.93. The molecule has 5 aromatic rings. The Balaban J connectivity index is 1.69. The number of hydrogen-bond acceptors (Lipinski definition) is 6. The molecular weight excluding hydrogens is 558 g/mol. The van der Waals surface area contributed by atoms with Crippen molar-refractivity contribution in [3.8, 4) is 11.5 Å². The Morgan fingerprint density at radius 3 is 2.16 bits per heavy atom. The van der Waals surface area contributed by atoms with Gasteiger partial charge in [0, 0.05) is 24.2 Å². The van der Waals surface area contributed by atoms with Gasteiger partial charge in [-0.3, -0.25) is 14.2 Å². The van der Waals surface area contributed by atoms with Gasteiger partial charge in [-0.25, -0.2) is 4.99 Å². The lowest BCUT2D eigenvalue weighted by atomic mass is 9.90. The van der Waals surface area contributed by atoms with E-state index in [9.17, 15) is 9.59 Å². The molecular formula is C35H33N3O4S. The summed E-state index contributed by atoms with van der Waals surface area (Å²) < 4.78 is 13.8. The standard InChI is InChI=1S/C35H33N3O4S/c1-6-37(7-2)34(40)30-21(3)36-35-38(32(30)31-25-15-11-9-13-23(25)17-19-28(31)42-5)33(39)29(43-35)20-26-24-14-10-8-12-22(24)16-18-27(26)41-4/h8-20,32H,6-7H2,1-5H3/b29-20+/t32-/m1/s1. The normalized spacial score (nSPS) is 15.0. The van der Waals surface area contributed by atoms with Gasteiger partial charge in [0.2, 0.25) is 0 Å². The third-order valence-corrected chi connectivity index (χ3v) is 9.14. The largest absolute Gasteiger partial charge is 0.496 e. The fourth-order valence-corrected chi connectivity index (χ4v) is 7.05. The van der Waals surface area contributed by atoms with Crippen molar-refractivity contribution < 1.29 is 14.3 Å². The highest BCUT2D eigenvalue weighted by molar-refractivity contribution is 7.07. The SMILES string of the molecule is CCN(CC)C(=O)C1=C(C)N=c2s/c(=C/c3c(OC)ccc4ccccc34)c(=O)n2[C@H]1c1c(OC)ccc2ccccc12. The van der Waals surface area contributed by atoms with E-state index in [1.807, 2.05) is 99.6 Å². The third kappa shape index (κ3) is 4.72. The van der Waals surface area contributed by atoms with Crippen molar-refractivity contribution in [2.75, 3.05) is 27.3 Å². The third-order valence-electron chi connectivity index (χ3n) is 8.15. The number of carbonyl (C=O) groups is 1. The maximum absolute atomic E-state index is 14.5. The summed E-state index contributed by atoms with van der Waals surface area (Å²) in [6, 6.07) is 23.1. The van der Waals surface area contributed by atoms with Crippen molar-refractivity contribution in [3.63, 3.8) is 0 Å². The Labute approximate surface area is 253 Å². The van der Waals surface area contributed by atoms with Gasteiger partial charge in [0.25, 0.3) is 11.5 Å². The van der Waals surface area contributed by atoms with E-state index >= 15 is 0 Å². The zero-order valence-corrected chi connectivity index (χ0v) is 25.7. The van der Waals surface area contributed by atoms with Crippen LogP contribution < -0.4 is 24.4 Å². The van der Waals surface area contributed by atoms with Crippen molar-refractivity contribution >= 4 is 44.9 Å². The second-order valence-corrected chi connectivity index (χ2v) is 11.4. The number of rotatable bonds is 7. The van der Waals surface area contributed by atoms with Crippen LogP contribution in [0, 0.1) is 0 Å². The molecule has 218 valence electrons. The molecule has 8 heteroatoms. The molecule has 0 saturated heterocycles. The number of nitrogens with zero attached hydrogens (tertiary/aromatic N) is 3. The molecule has 4 aromatic carbocycles. The lowest BCUT2D eigenvalue weighted by Crippen LogP contribution is -2.43. The van der Waals surface area contributed by atoms with E-state index in [1.165, 1.54) is 11.3 Å². The summed E-state index contributed by atoms with van der Waals surface area (Å²) >= 11 is 1.31. The van der Waals surface area contributed by atoms with Crippen LogP contribution in [0.2, 0.25) is 0 Å². The first-order valence-electron chi connectivity index (χ1n) is 14.3. The molecule has 0 spiro atoms. The lowest BCUT2D eigenvalue weighted by Gasteiger charge is -2.30. The Morgan fingerprint density at radius 1 is 0.907 bits per heavy atom. The highest BCUT2D eigenvalue weighted by Gasteiger charge is 2.36. The molecule has 0 unspecified atom stereocenters. The van der Waals surface area contributed by atoms with Gasteiger partial charge in [-0.1, -0.05) is 72.0 Å². The van der Waals surface area contributed by atoms with Crippen LogP contribution in [0.5, 0.6) is 11.5 Å². The first kappa shape index (κ1) is 28.4. The fraction of sp³-hybridized carbons (Fsp3) is 0.229. The van der Waals surface area contributed by atoms with Gasteiger partial charge in [-0.05, 0) is 60.5 Å². The number of allylic oxidation sites excluding steroid dienone is 1. The minimum Gasteiger partial charge on any atom is -0.496 e. The van der Waals surface area contributed by atoms with Crippen molar-refractivity contribution in [2.45, 2.75) is 26.8 Å². The Morgan fingerprint density at radius 2 is 1.51 bits per heavy atom. The molecule has 0 saturated carbocycles. The van der Waals surface area contributed by atoms with Gasteiger partial charge in [-0.2, -0.15) is 0 Å². The first-order chi connectivity index (χ1) is 20.9. The number of amides is 1. The molecule has 1 aliphatic heterocycles. The quantitative estimate of drug-likeness (QED) is 0.253. The van der Waals surface area contributed by atoms with Gasteiger partial charge in [-0.15, -0.1) is 0 Å². The average Bonchev–Trinajstić information content (AvgIpc) is 3.34. The van der Waals surface area contributed by atoms with Crippen LogP contribution >= 0.6 is 11.3 Å². The van der Waals surface area contributed by atoms with Crippen LogP contribution in [-0.4, -0.2) is 42.7 Å². The molecule has 0 fully saturated rings. The highest BCUT2D eigenvalue weighted by Crippen LogP contribution is 2.40. The summed E-state index contributed by atoms with van der Waals surface area (Å²) in [6.45, 7) is 6.84. The van der Waals surface area contributed by atoms with Gasteiger partial charge >= 0.3 is 0 Å². The average molecular weight is 592 g/mol. The van der Waals surface area contributed by atoms with Crippen LogP contribution in [0.25, 0.3) is 27.6 Å². The maximum atomic E-state index is 14.5. The lowest BCUT2D eigenvalue weighted by molar-refractivity contribution is -0.127. The van der Waals surface area contributed by atoms with Crippen molar-refractivity contribution in [1.82, 2.24) is 9.47 Å². The van der Waals surface area contributed by atoms with E-state index in [4.69, 9.17) is 14.5 Å². The summed E-state index contributed by atoms with van der Waals surface area (Å²) in [5.41, 5.74) is 2.42. The second-order valence-electron chi connectivity index (χ2n) is 10.4. The van der Waals surface area contributed by atoms with Crippen LogP contribution in [0.4, 0.5) is 0 Å². The number of thiazole rings is 1. The molecule has 1 aliphatic rings. The first-order valence-corrected chi connectivity index (χ1v) is 15.2. The number of aromatic nitrogens is 1. The van der Waals surface area contributed by atoms with Gasteiger partial charge < -0.3 is 14.4 Å². The molecule has 6 rings (SSSR count). The molecule has 7 nitrogen and oxygen atoms in total. The zero-order valence-electron chi connectivity index (χ0n) is 24.9. The molecule has 0 N–H and O–H groups in total. The molecule has 2 heterocycles. The number of carbonyl (C=O) groups excluding carboxylic acids is 1. The van der Waals surface area contributed by atoms with E-state index in [2.05, 4.69) is 0 Å². The number of hydrogen-bond donors (Lipinski definition) is 0. The Bertz CT molecular complexity index is 2100. The highest BCUT2D eigenvalue weighted by atomic mass is 32.1. The monoisotopic (exact) mass is 591 g/mol. The summed E-state index contributed by atoms with van der Waals surface area (Å²) in [6.07, 6.45) is 1.88. The minimum absolute atomic E-state index is 0.142. The number of ether oxygens (including phenoxy) is 2. The Hall–Kier alpha value is -4.69. The number of likely N-dealkylation sites (N-methyl/N-ethyl adjacent to an activating group) is 1. The topological polar surface area (TPSA) is 73.1 Å². The number of fused-ring (bicyclic) bond motifs is 3. The maximum Gasteiger partial charge on any atom is 0.271 e. The van der Waals surface area contributed by atoms with Gasteiger partial charge in [0.05, 0.1) is 30.0 Å². The predicted octanol–water partition coefficient (Wildman–Crippen LogP) is 5.43. The summed E-state index contributed by atoms with van der Waals surface area (Å²) in [7, 11) is 3.25. The molecule has 1 amide bonds. The number of methoxy groups -OCH3 is 2. The van der Waals surface area contributed by atoms with E-state index in [0.717, 1.165) is 32.7 Å². The van der Waals surface area contributed by atoms with Gasteiger partial charge in [0.15, 0.2) is 4.80 Å². The summed E-state index contributed by atoms with van der Waals surface area (Å²) in [4.78, 5) is 35.8. The van der Waals surface area contributed by atoms with E-state index in [1.54, 1.807) is 23.7 Å². The zero-order chi connectivity index (χ0) is 30.2. The van der Waals surface area contributed by atoms with Crippen LogP contribution in [0.15, 0.2) is 93.9 Å². The summed E-state index contributed by atoms with van der Waals surface area (Å²) in [5.74, 6) is 1.13. The van der Waals surface area contributed by atoms with Crippen molar-refractivity contribution in [2.24, 2.45) is 4.99 Å². The van der Waals surface area contributed by atoms with Crippen molar-refractivity contribution in [3.05, 3.63) is 115 Å². The van der Waals surface area contributed by atoms with Crippen LogP contribution in [-0.2, 0) is 4.79 Å². The molecule has 0 bridgehead atoms. The minimum atomic E-state index is -0.734. The molecule has 0 radical (unpaired) electrons. The second kappa shape index (κ2) is 11.5. The smallest absolute Gasteiger partial charge is 0.271 e. The van der Waals surface area contributed by atoms with Gasteiger partial charge in [0.1, 0.15) is 17.5 Å². The fourth-order valence-electron chi connectivity index (χ4n) is 6.02. The van der Waals surface area contributed by atoms with E-state index < -0.39 is 6.04 Å². The number of benzene rings is 4. The van der Waals surface area contributed by atoms with E-state index in [-0.39, 0.29) is 11.5 Å². The molecule has 1 aromatic heterocycles. The van der Waals surface area contributed by atoms with E-state index in [0.29, 0.717) is 45.2 Å². The van der Waals surface area contributed by atoms with Crippen LogP contribution in [0.1, 0.15) is 37.9 Å². The van der Waals surface area contributed by atoms with Crippen molar-refractivity contribution in [1.29, 1.82) is 0 Å². The predicted molar refractivity (Wildman–Crippen MR) is 173 cm³/mol. The molecule has 43 heavy (non-hydrogen) atoms. The molecule has 0 aliphatic carbocycles. The Kier molecular flexibility index (Phi) is 7.62.